The van der Waals surface area contributed by atoms with Crippen molar-refractivity contribution in [1.82, 2.24) is 34.6 Å². The monoisotopic (exact) mass is 644 g/mol. The third kappa shape index (κ3) is 8.92. The number of ether oxygens (including phenoxy) is 6. The average molecular weight is 645 g/mol. The fourth-order valence-electron chi connectivity index (χ4n) is 5.15. The Morgan fingerprint density at radius 3 is 1.09 bits per heavy atom. The number of urea groups is 2. The number of fused-ring (bicyclic) bond motifs is 1. The molecule has 2 aliphatic rings. The van der Waals surface area contributed by atoms with Gasteiger partial charge in [-0.15, -0.1) is 0 Å². The smallest absolute Gasteiger partial charge is 0.325 e. The molecule has 45 heavy (non-hydrogen) atoms. The van der Waals surface area contributed by atoms with Crippen LogP contribution in [0.25, 0.3) is 0 Å². The Kier molecular flexibility index (Phi) is 16.2. The van der Waals surface area contributed by atoms with E-state index < -0.39 is 0 Å². The first-order valence-corrected chi connectivity index (χ1v) is 14.9. The highest BCUT2D eigenvalue weighted by atomic mass is 16.5. The fraction of sp³-hybridized carbons (Fsp3) is 0.815. The Hall–Kier alpha value is -3.29. The summed E-state index contributed by atoms with van der Waals surface area (Å²) in [5.74, 6) is 1.51. The van der Waals surface area contributed by atoms with Gasteiger partial charge in [0, 0.05) is 68.8 Å². The van der Waals surface area contributed by atoms with Crippen LogP contribution in [0.5, 0.6) is 0 Å². The van der Waals surface area contributed by atoms with Crippen molar-refractivity contribution in [2.45, 2.75) is 40.0 Å². The van der Waals surface area contributed by atoms with E-state index in [2.05, 4.69) is 28.8 Å². The second-order valence-corrected chi connectivity index (χ2v) is 9.90. The first-order valence-electron chi connectivity index (χ1n) is 14.9. The summed E-state index contributed by atoms with van der Waals surface area (Å²) in [5, 5.41) is 0. The lowest BCUT2D eigenvalue weighted by Gasteiger charge is -2.28. The van der Waals surface area contributed by atoms with Gasteiger partial charge in [0.15, 0.2) is 6.17 Å². The zero-order valence-corrected chi connectivity index (χ0v) is 28.5. The summed E-state index contributed by atoms with van der Waals surface area (Å²) in [6.45, 7) is 12.1. The summed E-state index contributed by atoms with van der Waals surface area (Å²) in [6, 6.07) is -0.229. The Bertz CT molecular complexity index is 959. The second kappa shape index (κ2) is 19.3. The van der Waals surface area contributed by atoms with Crippen LogP contribution in [-0.2, 0) is 28.4 Å². The van der Waals surface area contributed by atoms with Crippen molar-refractivity contribution in [2.24, 2.45) is 0 Å². The van der Waals surface area contributed by atoms with E-state index in [1.165, 1.54) is 14.2 Å². The minimum absolute atomic E-state index is 0.114. The molecule has 0 aliphatic carbocycles. The van der Waals surface area contributed by atoms with E-state index in [9.17, 15) is 9.59 Å². The number of rotatable bonds is 19. The lowest BCUT2D eigenvalue weighted by Crippen LogP contribution is -2.47. The highest BCUT2D eigenvalue weighted by Crippen LogP contribution is 2.34. The maximum Gasteiger partial charge on any atom is 0.325 e. The van der Waals surface area contributed by atoms with Crippen molar-refractivity contribution in [3.05, 3.63) is 0 Å². The Labute approximate surface area is 266 Å². The Balaban J connectivity index is 0.000000320. The zero-order valence-electron chi connectivity index (χ0n) is 28.5. The van der Waals surface area contributed by atoms with Gasteiger partial charge in [0.05, 0.1) is 0 Å². The number of hydrogen-bond acceptors (Lipinski definition) is 14. The van der Waals surface area contributed by atoms with Gasteiger partial charge in [-0.3, -0.25) is 19.6 Å². The molecule has 4 amide bonds. The van der Waals surface area contributed by atoms with E-state index in [0.29, 0.717) is 57.9 Å². The van der Waals surface area contributed by atoms with E-state index in [-0.39, 0.29) is 37.9 Å². The predicted molar refractivity (Wildman–Crippen MR) is 166 cm³/mol. The number of carbonyl (C=O) groups excluding carboxylic acids is 2. The number of aromatic nitrogens is 3. The molecule has 0 saturated carbocycles. The minimum Gasteiger partial charge on any atom is -0.364 e. The van der Waals surface area contributed by atoms with Gasteiger partial charge >= 0.3 is 12.1 Å². The summed E-state index contributed by atoms with van der Waals surface area (Å²) in [6.07, 6.45) is -0.648. The van der Waals surface area contributed by atoms with Crippen molar-refractivity contribution >= 4 is 29.9 Å². The number of methoxy groups -OCH3 is 6. The quantitative estimate of drug-likeness (QED) is 0.198. The van der Waals surface area contributed by atoms with Gasteiger partial charge in [-0.05, 0) is 27.7 Å². The van der Waals surface area contributed by atoms with Crippen LogP contribution in [0.1, 0.15) is 27.7 Å². The molecule has 2 aliphatic heterocycles. The Morgan fingerprint density at radius 2 is 0.822 bits per heavy atom. The highest BCUT2D eigenvalue weighted by molar-refractivity contribution is 5.85. The van der Waals surface area contributed by atoms with Gasteiger partial charge in [0.25, 0.3) is 0 Å². The van der Waals surface area contributed by atoms with E-state index in [1.54, 1.807) is 57.8 Å². The van der Waals surface area contributed by atoms with Gasteiger partial charge < -0.3 is 43.1 Å². The molecule has 1 aromatic heterocycles. The molecular formula is C27H52N10O8. The summed E-state index contributed by atoms with van der Waals surface area (Å²) in [5.41, 5.74) is 0. The van der Waals surface area contributed by atoms with Crippen LogP contribution in [0, 0.1) is 0 Å². The van der Waals surface area contributed by atoms with Crippen LogP contribution in [0.2, 0.25) is 0 Å². The normalized spacial score (nSPS) is 17.6. The molecule has 0 bridgehead atoms. The first kappa shape index (κ1) is 37.9. The third-order valence-corrected chi connectivity index (χ3v) is 7.10. The first-order chi connectivity index (χ1) is 21.8. The molecule has 0 unspecified atom stereocenters. The van der Waals surface area contributed by atoms with E-state index in [4.69, 9.17) is 28.4 Å². The van der Waals surface area contributed by atoms with Gasteiger partial charge in [-0.1, -0.05) is 0 Å². The highest BCUT2D eigenvalue weighted by Gasteiger charge is 2.58. The lowest BCUT2D eigenvalue weighted by molar-refractivity contribution is -0.00234. The van der Waals surface area contributed by atoms with Crippen LogP contribution >= 0.6 is 0 Å². The number of carbonyl (C=O) groups is 2. The van der Waals surface area contributed by atoms with Crippen molar-refractivity contribution in [1.29, 1.82) is 0 Å². The lowest BCUT2D eigenvalue weighted by atomic mass is 10.3. The molecule has 18 nitrogen and oxygen atoms in total. The van der Waals surface area contributed by atoms with E-state index >= 15 is 0 Å². The number of anilines is 3. The molecule has 0 spiro atoms. The van der Waals surface area contributed by atoms with E-state index in [1.807, 2.05) is 18.7 Å². The maximum absolute atomic E-state index is 12.4. The summed E-state index contributed by atoms with van der Waals surface area (Å²) in [7, 11) is 9.50. The van der Waals surface area contributed by atoms with Crippen LogP contribution in [0.15, 0.2) is 0 Å². The largest absolute Gasteiger partial charge is 0.364 e. The SMILES string of the molecule is CCN(CC)c1nc(N(COC)COC)nc(N(COC)COC)n1.CCN1C(=O)N(COC)C2C1N(CC)C(=O)N2COC. The number of amides is 4. The topological polar surface area (TPSA) is 151 Å². The molecule has 2 fully saturated rings. The van der Waals surface area contributed by atoms with Crippen molar-refractivity contribution in [3.8, 4) is 0 Å². The van der Waals surface area contributed by atoms with Crippen LogP contribution < -0.4 is 14.7 Å². The molecule has 1 aromatic rings. The number of likely N-dealkylation sites (N-methyl/N-ethyl adjacent to an activating group) is 2. The summed E-state index contributed by atoms with van der Waals surface area (Å²) >= 11 is 0. The van der Waals surface area contributed by atoms with E-state index in [0.717, 1.165) is 13.1 Å². The molecule has 3 heterocycles. The van der Waals surface area contributed by atoms with Gasteiger partial charge in [0.2, 0.25) is 17.8 Å². The van der Waals surface area contributed by atoms with Crippen LogP contribution in [0.4, 0.5) is 27.4 Å². The molecule has 18 heteroatoms. The number of nitrogens with zero attached hydrogens (tertiary/aromatic N) is 10. The van der Waals surface area contributed by atoms with Crippen LogP contribution in [-0.4, -0.2) is 168 Å². The molecule has 2 saturated heterocycles. The molecule has 3 rings (SSSR count). The predicted octanol–water partition coefficient (Wildman–Crippen LogP) is 1.11. The van der Waals surface area contributed by atoms with Crippen LogP contribution in [0.3, 0.4) is 0 Å². The zero-order chi connectivity index (χ0) is 33.5. The van der Waals surface area contributed by atoms with Crippen molar-refractivity contribution < 1.29 is 38.0 Å². The van der Waals surface area contributed by atoms with Gasteiger partial charge in [-0.2, -0.15) is 15.0 Å². The minimum atomic E-state index is -0.366. The fourth-order valence-corrected chi connectivity index (χ4v) is 5.15. The van der Waals surface area contributed by atoms with Crippen molar-refractivity contribution in [2.75, 3.05) is 124 Å². The maximum atomic E-state index is 12.4. The standard InChI is InChI=1S/C15H30N6O4.C12H22N4O4/c1-7-19(8-2)13-16-14(20(9-22-3)10-23-4)18-15(17-13)21(11-24-5)12-25-6;1-5-13-9-10(15(7-19-3)11(13)17)16(8-20-4)12(18)14(9)6-2/h7-12H2,1-6H3;9-10H,5-8H2,1-4H3. The van der Waals surface area contributed by atoms with Gasteiger partial charge in [0.1, 0.15) is 46.6 Å². The molecule has 0 atom stereocenters. The third-order valence-electron chi connectivity index (χ3n) is 7.10. The van der Waals surface area contributed by atoms with Gasteiger partial charge in [-0.25, -0.2) is 9.59 Å². The number of hydrogen-bond donors (Lipinski definition) is 0. The molecule has 0 radical (unpaired) electrons. The molecule has 0 N–H and O–H groups in total. The second-order valence-electron chi connectivity index (χ2n) is 9.90. The summed E-state index contributed by atoms with van der Waals surface area (Å²) in [4.78, 5) is 50.7. The molecular weight excluding hydrogens is 592 g/mol. The Morgan fingerprint density at radius 1 is 0.511 bits per heavy atom. The van der Waals surface area contributed by atoms with Crippen molar-refractivity contribution in [3.63, 3.8) is 0 Å². The average Bonchev–Trinajstić information content (AvgIpc) is 3.46. The summed E-state index contributed by atoms with van der Waals surface area (Å²) < 4.78 is 31.1. The molecule has 0 aromatic carbocycles. The molecule has 258 valence electrons.